The van der Waals surface area contributed by atoms with Gasteiger partial charge >= 0.3 is 0 Å². The van der Waals surface area contributed by atoms with Gasteiger partial charge in [-0.1, -0.05) is 6.42 Å². The molecule has 7 heteroatoms. The molecule has 3 aliphatic heterocycles. The first kappa shape index (κ1) is 19.4. The first-order valence-electron chi connectivity index (χ1n) is 11.2. The van der Waals surface area contributed by atoms with E-state index in [1.54, 1.807) is 18.6 Å². The Bertz CT molecular complexity index is 873. The van der Waals surface area contributed by atoms with Gasteiger partial charge < -0.3 is 10.2 Å². The van der Waals surface area contributed by atoms with Gasteiger partial charge in [-0.25, -0.2) is 4.98 Å². The molecule has 3 saturated heterocycles. The quantitative estimate of drug-likeness (QED) is 0.840. The molecule has 3 aliphatic rings. The molecule has 0 radical (unpaired) electrons. The molecule has 30 heavy (non-hydrogen) atoms. The number of carbonyl (C=O) groups excluding carboxylic acids is 1. The number of piperidine rings is 3. The van der Waals surface area contributed by atoms with Crippen LogP contribution >= 0.6 is 0 Å². The number of pyridine rings is 1. The summed E-state index contributed by atoms with van der Waals surface area (Å²) in [6.45, 7) is 5.81. The van der Waals surface area contributed by atoms with Gasteiger partial charge in [-0.05, 0) is 56.7 Å². The van der Waals surface area contributed by atoms with Gasteiger partial charge in [-0.2, -0.15) is 0 Å². The number of carbonyl (C=O) groups is 1. The maximum Gasteiger partial charge on any atom is 0.252 e. The summed E-state index contributed by atoms with van der Waals surface area (Å²) in [6.07, 6.45) is 12.1. The van der Waals surface area contributed by atoms with Crippen molar-refractivity contribution in [3.8, 4) is 0 Å². The van der Waals surface area contributed by atoms with Crippen LogP contribution in [0.2, 0.25) is 0 Å². The van der Waals surface area contributed by atoms with Gasteiger partial charge in [0.1, 0.15) is 5.82 Å². The summed E-state index contributed by atoms with van der Waals surface area (Å²) in [5, 5.41) is 3.21. The van der Waals surface area contributed by atoms with Crippen molar-refractivity contribution in [2.24, 2.45) is 11.8 Å². The van der Waals surface area contributed by atoms with Crippen LogP contribution in [0.5, 0.6) is 0 Å². The molecule has 0 saturated carbocycles. The summed E-state index contributed by atoms with van der Waals surface area (Å²) in [5.74, 6) is 2.14. The maximum absolute atomic E-state index is 12.7. The molecule has 5 rings (SSSR count). The summed E-state index contributed by atoms with van der Waals surface area (Å²) >= 11 is 0. The smallest absolute Gasteiger partial charge is 0.252 e. The second-order valence-corrected chi connectivity index (χ2v) is 8.99. The highest BCUT2D eigenvalue weighted by molar-refractivity contribution is 5.93. The van der Waals surface area contributed by atoms with Crippen LogP contribution in [0.3, 0.4) is 0 Å². The van der Waals surface area contributed by atoms with Gasteiger partial charge in [0.25, 0.3) is 5.91 Å². The lowest BCUT2D eigenvalue weighted by molar-refractivity contribution is -0.0307. The molecule has 5 heterocycles. The average Bonchev–Trinajstić information content (AvgIpc) is 2.80. The van der Waals surface area contributed by atoms with Gasteiger partial charge in [0.2, 0.25) is 0 Å². The molecular formula is C23H30N6O. The number of nitrogens with one attached hydrogen (secondary N) is 1. The Hall–Kier alpha value is -2.54. The summed E-state index contributed by atoms with van der Waals surface area (Å²) < 4.78 is 0. The Morgan fingerprint density at radius 3 is 2.83 bits per heavy atom. The van der Waals surface area contributed by atoms with E-state index in [2.05, 4.69) is 30.1 Å². The van der Waals surface area contributed by atoms with E-state index in [0.29, 0.717) is 36.0 Å². The second kappa shape index (κ2) is 8.30. The monoisotopic (exact) mass is 406 g/mol. The largest absolute Gasteiger partial charge is 0.355 e. The predicted octanol–water partition coefficient (Wildman–Crippen LogP) is 2.29. The van der Waals surface area contributed by atoms with Gasteiger partial charge in [0.15, 0.2) is 0 Å². The normalized spacial score (nSPS) is 28.6. The van der Waals surface area contributed by atoms with E-state index in [1.165, 1.54) is 25.7 Å². The number of aromatic nitrogens is 3. The Balaban J connectivity index is 1.33. The van der Waals surface area contributed by atoms with Crippen LogP contribution in [0.25, 0.3) is 0 Å². The third-order valence-corrected chi connectivity index (χ3v) is 7.14. The van der Waals surface area contributed by atoms with Gasteiger partial charge in [0.05, 0.1) is 11.8 Å². The highest BCUT2D eigenvalue weighted by Crippen LogP contribution is 2.41. The van der Waals surface area contributed by atoms with Crippen LogP contribution in [0, 0.1) is 18.8 Å². The predicted molar refractivity (Wildman–Crippen MR) is 115 cm³/mol. The van der Waals surface area contributed by atoms with Crippen molar-refractivity contribution in [3.05, 3.63) is 48.2 Å². The zero-order chi connectivity index (χ0) is 20.5. The molecule has 3 fully saturated rings. The van der Waals surface area contributed by atoms with Crippen LogP contribution in [0.4, 0.5) is 5.82 Å². The van der Waals surface area contributed by atoms with Crippen molar-refractivity contribution < 1.29 is 4.79 Å². The molecular weight excluding hydrogens is 376 g/mol. The fourth-order valence-electron chi connectivity index (χ4n) is 5.73. The van der Waals surface area contributed by atoms with Crippen LogP contribution in [-0.4, -0.2) is 64.0 Å². The van der Waals surface area contributed by atoms with Crippen LogP contribution in [-0.2, 0) is 0 Å². The molecule has 158 valence electrons. The number of nitrogens with zero attached hydrogens (tertiary/aromatic N) is 5. The van der Waals surface area contributed by atoms with Gasteiger partial charge in [-0.15, -0.1) is 0 Å². The maximum atomic E-state index is 12.7. The highest BCUT2D eigenvalue weighted by atomic mass is 16.1. The summed E-state index contributed by atoms with van der Waals surface area (Å²) in [6, 6.07) is 4.72. The van der Waals surface area contributed by atoms with Crippen LogP contribution in [0.1, 0.15) is 41.7 Å². The Labute approximate surface area is 177 Å². The number of hydrogen-bond acceptors (Lipinski definition) is 6. The van der Waals surface area contributed by atoms with E-state index < -0.39 is 0 Å². The molecule has 4 atom stereocenters. The lowest BCUT2D eigenvalue weighted by Crippen LogP contribution is -2.65. The lowest BCUT2D eigenvalue weighted by Gasteiger charge is -2.57. The van der Waals surface area contributed by atoms with Crippen molar-refractivity contribution in [2.45, 2.75) is 44.7 Å². The summed E-state index contributed by atoms with van der Waals surface area (Å²) in [5.41, 5.74) is 1.56. The first-order chi connectivity index (χ1) is 14.7. The van der Waals surface area contributed by atoms with E-state index >= 15 is 0 Å². The number of rotatable bonds is 4. The standard InChI is InChI=1S/C23H30N6O/c1-16-5-6-17(11-26-16)23(30)27-12-21-19-10-18(20-4-2-3-9-29(20)21)14-28(15-19)22-13-24-7-8-25-22/h5-8,11,13,18-21H,2-4,9-10,12,14-15H2,1H3,(H,27,30)/t18-,19+,20+,21+/m1/s1. The van der Waals surface area contributed by atoms with Crippen molar-refractivity contribution in [1.29, 1.82) is 0 Å². The Morgan fingerprint density at radius 2 is 2.03 bits per heavy atom. The van der Waals surface area contributed by atoms with Crippen LogP contribution in [0.15, 0.2) is 36.9 Å². The topological polar surface area (TPSA) is 74.2 Å². The van der Waals surface area contributed by atoms with E-state index in [9.17, 15) is 4.79 Å². The zero-order valence-corrected chi connectivity index (χ0v) is 17.6. The van der Waals surface area contributed by atoms with E-state index in [1.807, 2.05) is 25.3 Å². The fourth-order valence-corrected chi connectivity index (χ4v) is 5.73. The number of amides is 1. The molecule has 2 bridgehead atoms. The molecule has 0 unspecified atom stereocenters. The average molecular weight is 407 g/mol. The van der Waals surface area contributed by atoms with Crippen molar-refractivity contribution in [2.75, 3.05) is 31.1 Å². The van der Waals surface area contributed by atoms with Crippen LogP contribution < -0.4 is 10.2 Å². The minimum absolute atomic E-state index is 0.0280. The molecule has 7 nitrogen and oxygen atoms in total. The number of aryl methyl sites for hydroxylation is 1. The highest BCUT2D eigenvalue weighted by Gasteiger charge is 2.47. The third-order valence-electron chi connectivity index (χ3n) is 7.14. The molecule has 0 spiro atoms. The minimum atomic E-state index is -0.0280. The van der Waals surface area contributed by atoms with Gasteiger partial charge in [0, 0.05) is 56.0 Å². The molecule has 0 aliphatic carbocycles. The third kappa shape index (κ3) is 3.78. The van der Waals surface area contributed by atoms with E-state index in [0.717, 1.165) is 31.1 Å². The zero-order valence-electron chi connectivity index (χ0n) is 17.6. The van der Waals surface area contributed by atoms with Gasteiger partial charge in [-0.3, -0.25) is 19.7 Å². The summed E-state index contributed by atoms with van der Waals surface area (Å²) in [4.78, 5) is 30.9. The fraction of sp³-hybridized carbons (Fsp3) is 0.565. The van der Waals surface area contributed by atoms with Crippen molar-refractivity contribution in [1.82, 2.24) is 25.2 Å². The number of hydrogen-bond donors (Lipinski definition) is 1. The molecule has 0 aromatic carbocycles. The van der Waals surface area contributed by atoms with E-state index in [4.69, 9.17) is 0 Å². The molecule has 1 amide bonds. The van der Waals surface area contributed by atoms with Crippen molar-refractivity contribution >= 4 is 11.7 Å². The number of anilines is 1. The van der Waals surface area contributed by atoms with E-state index in [-0.39, 0.29) is 5.91 Å². The Kier molecular flexibility index (Phi) is 5.37. The molecule has 1 N–H and O–H groups in total. The Morgan fingerprint density at radius 1 is 1.13 bits per heavy atom. The van der Waals surface area contributed by atoms with Crippen molar-refractivity contribution in [3.63, 3.8) is 0 Å². The number of fused-ring (bicyclic) bond motifs is 4. The first-order valence-corrected chi connectivity index (χ1v) is 11.2. The molecule has 2 aromatic rings. The lowest BCUT2D eigenvalue weighted by atomic mass is 9.72. The summed E-state index contributed by atoms with van der Waals surface area (Å²) in [7, 11) is 0. The minimum Gasteiger partial charge on any atom is -0.355 e. The molecule has 2 aromatic heterocycles. The SMILES string of the molecule is Cc1ccc(C(=O)NC[C@H]2[C@H]3C[C@H](CN(c4cnccn4)C3)[C@@H]3CCCCN32)cn1. The second-order valence-electron chi connectivity index (χ2n) is 8.99.